The average Bonchev–Trinajstić information content (AvgIpc) is 2.34. The standard InChI is InChI=1S/C14H21NO2S/c1-9(2)10(3)18-8-11-6-5-7-12(15)13(11)14(16)17-4/h5-7,9-10H,8,15H2,1-4H3. The highest BCUT2D eigenvalue weighted by atomic mass is 32.2. The van der Waals surface area contributed by atoms with E-state index in [9.17, 15) is 4.79 Å². The van der Waals surface area contributed by atoms with Gasteiger partial charge >= 0.3 is 5.97 Å². The molecule has 0 saturated carbocycles. The largest absolute Gasteiger partial charge is 0.465 e. The van der Waals surface area contributed by atoms with Gasteiger partial charge in [-0.05, 0) is 17.5 Å². The zero-order chi connectivity index (χ0) is 13.7. The number of esters is 1. The van der Waals surface area contributed by atoms with Gasteiger partial charge in [-0.25, -0.2) is 4.79 Å². The quantitative estimate of drug-likeness (QED) is 0.656. The van der Waals surface area contributed by atoms with Crippen LogP contribution in [0.4, 0.5) is 5.69 Å². The van der Waals surface area contributed by atoms with Gasteiger partial charge < -0.3 is 10.5 Å². The molecule has 18 heavy (non-hydrogen) atoms. The number of carbonyl (C=O) groups excluding carboxylic acids is 1. The highest BCUT2D eigenvalue weighted by Crippen LogP contribution is 2.27. The second-order valence-corrected chi connectivity index (χ2v) is 6.00. The Morgan fingerprint density at radius 3 is 2.61 bits per heavy atom. The van der Waals surface area contributed by atoms with E-state index in [-0.39, 0.29) is 5.97 Å². The second kappa shape index (κ2) is 6.69. The van der Waals surface area contributed by atoms with Crippen molar-refractivity contribution in [3.05, 3.63) is 29.3 Å². The number of anilines is 1. The summed E-state index contributed by atoms with van der Waals surface area (Å²) in [6.07, 6.45) is 0. The minimum absolute atomic E-state index is 0.360. The predicted octanol–water partition coefficient (Wildman–Crippen LogP) is 3.33. The van der Waals surface area contributed by atoms with E-state index in [0.717, 1.165) is 11.3 Å². The lowest BCUT2D eigenvalue weighted by atomic mass is 10.1. The first-order valence-electron chi connectivity index (χ1n) is 6.04. The number of nitrogens with two attached hydrogens (primary N) is 1. The van der Waals surface area contributed by atoms with Crippen LogP contribution in [0.5, 0.6) is 0 Å². The van der Waals surface area contributed by atoms with Gasteiger partial charge in [0.1, 0.15) is 0 Å². The van der Waals surface area contributed by atoms with Gasteiger partial charge in [0.25, 0.3) is 0 Å². The summed E-state index contributed by atoms with van der Waals surface area (Å²) < 4.78 is 4.78. The van der Waals surface area contributed by atoms with E-state index in [0.29, 0.717) is 22.4 Å². The topological polar surface area (TPSA) is 52.3 Å². The molecule has 0 saturated heterocycles. The summed E-state index contributed by atoms with van der Waals surface area (Å²) in [5.74, 6) is 1.02. The fourth-order valence-electron chi connectivity index (χ4n) is 1.50. The highest BCUT2D eigenvalue weighted by Gasteiger charge is 2.16. The van der Waals surface area contributed by atoms with Gasteiger partial charge in [0.05, 0.1) is 12.7 Å². The summed E-state index contributed by atoms with van der Waals surface area (Å²) in [4.78, 5) is 11.7. The minimum atomic E-state index is -0.360. The summed E-state index contributed by atoms with van der Waals surface area (Å²) in [6.45, 7) is 6.58. The van der Waals surface area contributed by atoms with Gasteiger partial charge in [0, 0.05) is 16.7 Å². The molecule has 100 valence electrons. The van der Waals surface area contributed by atoms with E-state index >= 15 is 0 Å². The van der Waals surface area contributed by atoms with Crippen LogP contribution in [0.1, 0.15) is 36.7 Å². The van der Waals surface area contributed by atoms with E-state index < -0.39 is 0 Å². The number of hydrogen-bond acceptors (Lipinski definition) is 4. The molecule has 2 N–H and O–H groups in total. The Kier molecular flexibility index (Phi) is 5.54. The van der Waals surface area contributed by atoms with Gasteiger partial charge in [0.15, 0.2) is 0 Å². The Morgan fingerprint density at radius 1 is 1.39 bits per heavy atom. The zero-order valence-electron chi connectivity index (χ0n) is 11.4. The van der Waals surface area contributed by atoms with Crippen molar-refractivity contribution in [1.82, 2.24) is 0 Å². The van der Waals surface area contributed by atoms with Gasteiger partial charge in [-0.1, -0.05) is 32.9 Å². The molecule has 3 nitrogen and oxygen atoms in total. The first-order valence-corrected chi connectivity index (χ1v) is 7.09. The number of thioether (sulfide) groups is 1. The molecule has 0 heterocycles. The Labute approximate surface area is 113 Å². The number of carbonyl (C=O) groups is 1. The molecule has 0 aliphatic rings. The van der Waals surface area contributed by atoms with Gasteiger partial charge in [-0.15, -0.1) is 0 Å². The third-order valence-corrected chi connectivity index (χ3v) is 4.56. The Hall–Kier alpha value is -1.16. The molecule has 0 aliphatic heterocycles. The molecule has 0 bridgehead atoms. The molecule has 0 spiro atoms. The van der Waals surface area contributed by atoms with Crippen molar-refractivity contribution in [3.63, 3.8) is 0 Å². The molecule has 0 aromatic heterocycles. The molecule has 0 fully saturated rings. The highest BCUT2D eigenvalue weighted by molar-refractivity contribution is 7.99. The maximum Gasteiger partial charge on any atom is 0.340 e. The molecule has 1 atom stereocenters. The lowest BCUT2D eigenvalue weighted by molar-refractivity contribution is 0.0601. The third-order valence-electron chi connectivity index (χ3n) is 3.01. The lowest BCUT2D eigenvalue weighted by Crippen LogP contribution is -2.11. The number of hydrogen-bond donors (Lipinski definition) is 1. The molecular formula is C14H21NO2S. The monoisotopic (exact) mass is 267 g/mol. The van der Waals surface area contributed by atoms with E-state index in [1.54, 1.807) is 6.07 Å². The van der Waals surface area contributed by atoms with Crippen LogP contribution in [0.2, 0.25) is 0 Å². The predicted molar refractivity (Wildman–Crippen MR) is 77.8 cm³/mol. The fourth-order valence-corrected chi connectivity index (χ4v) is 2.57. The number of benzene rings is 1. The average molecular weight is 267 g/mol. The third kappa shape index (κ3) is 3.67. The molecule has 0 amide bonds. The first kappa shape index (κ1) is 14.9. The molecule has 1 rings (SSSR count). The zero-order valence-corrected chi connectivity index (χ0v) is 12.2. The molecule has 1 aromatic rings. The van der Waals surface area contributed by atoms with Gasteiger partial charge in [0.2, 0.25) is 0 Å². The minimum Gasteiger partial charge on any atom is -0.465 e. The van der Waals surface area contributed by atoms with Crippen LogP contribution in [0, 0.1) is 5.92 Å². The number of rotatable bonds is 5. The van der Waals surface area contributed by atoms with E-state index in [1.165, 1.54) is 7.11 Å². The van der Waals surface area contributed by atoms with Crippen LogP contribution >= 0.6 is 11.8 Å². The van der Waals surface area contributed by atoms with E-state index in [1.807, 2.05) is 23.9 Å². The fraction of sp³-hybridized carbons (Fsp3) is 0.500. The summed E-state index contributed by atoms with van der Waals surface area (Å²) in [5, 5.41) is 0.539. The second-order valence-electron chi connectivity index (χ2n) is 4.63. The summed E-state index contributed by atoms with van der Waals surface area (Å²) in [7, 11) is 1.38. The van der Waals surface area contributed by atoms with Crippen molar-refractivity contribution >= 4 is 23.4 Å². The Morgan fingerprint density at radius 2 is 2.06 bits per heavy atom. The van der Waals surface area contributed by atoms with Gasteiger partial charge in [-0.3, -0.25) is 0 Å². The smallest absolute Gasteiger partial charge is 0.340 e. The van der Waals surface area contributed by atoms with E-state index in [4.69, 9.17) is 10.5 Å². The van der Waals surface area contributed by atoms with Crippen LogP contribution in [-0.4, -0.2) is 18.3 Å². The van der Waals surface area contributed by atoms with Crippen LogP contribution in [0.15, 0.2) is 18.2 Å². The van der Waals surface area contributed by atoms with Crippen molar-refractivity contribution in [2.75, 3.05) is 12.8 Å². The molecule has 1 unspecified atom stereocenters. The van der Waals surface area contributed by atoms with Crippen molar-refractivity contribution in [2.45, 2.75) is 31.8 Å². The summed E-state index contributed by atoms with van der Waals surface area (Å²) >= 11 is 1.83. The number of ether oxygens (including phenoxy) is 1. The number of methoxy groups -OCH3 is 1. The molecule has 1 aromatic carbocycles. The normalized spacial score (nSPS) is 12.5. The SMILES string of the molecule is COC(=O)c1c(N)cccc1CSC(C)C(C)C. The maximum absolute atomic E-state index is 11.7. The molecular weight excluding hydrogens is 246 g/mol. The Bertz CT molecular complexity index is 418. The number of nitrogen functional groups attached to an aromatic ring is 1. The Balaban J connectivity index is 2.88. The lowest BCUT2D eigenvalue weighted by Gasteiger charge is -2.16. The first-order chi connectivity index (χ1) is 8.47. The van der Waals surface area contributed by atoms with Crippen LogP contribution in [-0.2, 0) is 10.5 Å². The van der Waals surface area contributed by atoms with Crippen LogP contribution in [0.25, 0.3) is 0 Å². The van der Waals surface area contributed by atoms with Crippen LogP contribution < -0.4 is 5.73 Å². The van der Waals surface area contributed by atoms with E-state index in [2.05, 4.69) is 20.8 Å². The molecule has 4 heteroatoms. The maximum atomic E-state index is 11.7. The van der Waals surface area contributed by atoms with Crippen LogP contribution in [0.3, 0.4) is 0 Å². The summed E-state index contributed by atoms with van der Waals surface area (Å²) in [5.41, 5.74) is 7.78. The van der Waals surface area contributed by atoms with Crippen molar-refractivity contribution < 1.29 is 9.53 Å². The summed E-state index contributed by atoms with van der Waals surface area (Å²) in [6, 6.07) is 5.53. The molecule has 0 aliphatic carbocycles. The van der Waals surface area contributed by atoms with Crippen molar-refractivity contribution in [3.8, 4) is 0 Å². The van der Waals surface area contributed by atoms with Crippen molar-refractivity contribution in [1.29, 1.82) is 0 Å². The molecule has 0 radical (unpaired) electrons. The van der Waals surface area contributed by atoms with Crippen molar-refractivity contribution in [2.24, 2.45) is 5.92 Å². The van der Waals surface area contributed by atoms with Gasteiger partial charge in [-0.2, -0.15) is 11.8 Å².